The lowest BCUT2D eigenvalue weighted by Crippen LogP contribution is -2.26. The van der Waals surface area contributed by atoms with E-state index in [4.69, 9.17) is 4.74 Å². The monoisotopic (exact) mass is 422 g/mol. The van der Waals surface area contributed by atoms with Gasteiger partial charge in [0.2, 0.25) is 5.76 Å². The lowest BCUT2D eigenvalue weighted by atomic mass is 10.0. The number of hydrogen-bond donors (Lipinski definition) is 1. The summed E-state index contributed by atoms with van der Waals surface area (Å²) in [5.74, 6) is -1.82. The molecule has 9 heteroatoms. The molecule has 29 heavy (non-hydrogen) atoms. The maximum atomic E-state index is 13.2. The third-order valence-corrected chi connectivity index (χ3v) is 4.98. The largest absolute Gasteiger partial charge is 0.487 e. The fourth-order valence-electron chi connectivity index (χ4n) is 2.68. The van der Waals surface area contributed by atoms with Crippen LogP contribution in [0.4, 0.5) is 18.9 Å². The molecular weight excluding hydrogens is 405 g/mol. The Balaban J connectivity index is 1.88. The summed E-state index contributed by atoms with van der Waals surface area (Å²) < 4.78 is 44.2. The van der Waals surface area contributed by atoms with Crippen LogP contribution >= 0.6 is 11.8 Å². The number of para-hydroxylation sites is 1. The van der Waals surface area contributed by atoms with Gasteiger partial charge in [-0.15, -0.1) is 11.8 Å². The van der Waals surface area contributed by atoms with E-state index in [1.54, 1.807) is 30.5 Å². The van der Waals surface area contributed by atoms with E-state index in [9.17, 15) is 18.0 Å². The standard InChI is InChI=1S/C20H17F3N2O3S/c1-27-24-12-13-6-8-14(9-7-13)15-4-2-3-5-16(15)25-19(26)17-18(20(21,22)23)28-10-11-29-17/h2-9,12H,10-11H2,1H3,(H,25,26)/b24-12+. The summed E-state index contributed by atoms with van der Waals surface area (Å²) in [6.07, 6.45) is -3.18. The first-order chi connectivity index (χ1) is 13.9. The van der Waals surface area contributed by atoms with Gasteiger partial charge in [-0.3, -0.25) is 4.79 Å². The van der Waals surface area contributed by atoms with Gasteiger partial charge in [-0.05, 0) is 17.2 Å². The molecule has 0 aliphatic carbocycles. The maximum absolute atomic E-state index is 13.2. The summed E-state index contributed by atoms with van der Waals surface area (Å²) in [5.41, 5.74) is 2.67. The van der Waals surface area contributed by atoms with Crippen LogP contribution in [0.3, 0.4) is 0 Å². The van der Waals surface area contributed by atoms with Gasteiger partial charge in [-0.25, -0.2) is 0 Å². The molecule has 0 saturated heterocycles. The fourth-order valence-corrected chi connectivity index (χ4v) is 3.54. The Morgan fingerprint density at radius 3 is 2.62 bits per heavy atom. The van der Waals surface area contributed by atoms with Crippen molar-refractivity contribution in [2.24, 2.45) is 5.16 Å². The number of nitrogens with zero attached hydrogens (tertiary/aromatic N) is 1. The highest BCUT2D eigenvalue weighted by Gasteiger charge is 2.42. The van der Waals surface area contributed by atoms with E-state index >= 15 is 0 Å². The quantitative estimate of drug-likeness (QED) is 0.555. The van der Waals surface area contributed by atoms with Crippen molar-refractivity contribution >= 4 is 29.6 Å². The second-order valence-electron chi connectivity index (χ2n) is 5.89. The van der Waals surface area contributed by atoms with Crippen molar-refractivity contribution in [3.8, 4) is 11.1 Å². The SMILES string of the molecule is CO/N=C/c1ccc(-c2ccccc2NC(=O)C2=C(C(F)(F)F)OCCS2)cc1. The highest BCUT2D eigenvalue weighted by molar-refractivity contribution is 8.04. The minimum Gasteiger partial charge on any atom is -0.487 e. The molecule has 0 aromatic heterocycles. The highest BCUT2D eigenvalue weighted by Crippen LogP contribution is 2.38. The average molecular weight is 422 g/mol. The molecule has 1 aliphatic heterocycles. The van der Waals surface area contributed by atoms with Crippen LogP contribution in [0.5, 0.6) is 0 Å². The number of hydrogen-bond acceptors (Lipinski definition) is 5. The number of nitrogens with one attached hydrogen (secondary N) is 1. The van der Waals surface area contributed by atoms with Gasteiger partial charge >= 0.3 is 6.18 Å². The molecule has 2 aromatic rings. The maximum Gasteiger partial charge on any atom is 0.450 e. The van der Waals surface area contributed by atoms with Crippen molar-refractivity contribution < 1.29 is 27.5 Å². The Kier molecular flexibility index (Phi) is 6.48. The Labute approximate surface area is 169 Å². The predicted molar refractivity (Wildman–Crippen MR) is 107 cm³/mol. The van der Waals surface area contributed by atoms with E-state index < -0.39 is 22.7 Å². The van der Waals surface area contributed by atoms with Gasteiger partial charge in [-0.2, -0.15) is 13.2 Å². The molecule has 1 amide bonds. The zero-order chi connectivity index (χ0) is 20.9. The van der Waals surface area contributed by atoms with Crippen LogP contribution in [0.1, 0.15) is 5.56 Å². The number of benzene rings is 2. The van der Waals surface area contributed by atoms with Crippen LogP contribution in [0.15, 0.2) is 64.4 Å². The molecule has 1 aliphatic rings. The van der Waals surface area contributed by atoms with Crippen molar-refractivity contribution in [1.29, 1.82) is 0 Å². The molecule has 1 heterocycles. The third-order valence-electron chi connectivity index (χ3n) is 3.95. The lowest BCUT2D eigenvalue weighted by molar-refractivity contribution is -0.133. The molecule has 2 aromatic carbocycles. The second kappa shape index (κ2) is 9.04. The number of allylic oxidation sites excluding steroid dienone is 1. The summed E-state index contributed by atoms with van der Waals surface area (Å²) in [6.45, 7) is -0.0917. The minimum absolute atomic E-state index is 0.0917. The van der Waals surface area contributed by atoms with Crippen LogP contribution in [-0.4, -0.2) is 37.8 Å². The van der Waals surface area contributed by atoms with E-state index in [0.29, 0.717) is 11.3 Å². The predicted octanol–water partition coefficient (Wildman–Crippen LogP) is 4.81. The molecule has 5 nitrogen and oxygen atoms in total. The molecule has 0 saturated carbocycles. The summed E-state index contributed by atoms with van der Waals surface area (Å²) in [5, 5.41) is 6.27. The first-order valence-electron chi connectivity index (χ1n) is 8.54. The molecule has 1 N–H and O–H groups in total. The Morgan fingerprint density at radius 1 is 1.21 bits per heavy atom. The Morgan fingerprint density at radius 2 is 1.93 bits per heavy atom. The van der Waals surface area contributed by atoms with Crippen LogP contribution in [-0.2, 0) is 14.4 Å². The van der Waals surface area contributed by atoms with Crippen LogP contribution in [0, 0.1) is 0 Å². The molecular formula is C20H17F3N2O3S. The Bertz CT molecular complexity index is 941. The topological polar surface area (TPSA) is 59.9 Å². The average Bonchev–Trinajstić information content (AvgIpc) is 2.72. The Hall–Kier alpha value is -2.94. The number of carbonyl (C=O) groups is 1. The van der Waals surface area contributed by atoms with Gasteiger partial charge in [0.1, 0.15) is 12.0 Å². The number of oxime groups is 1. The highest BCUT2D eigenvalue weighted by atomic mass is 32.2. The van der Waals surface area contributed by atoms with Gasteiger partial charge in [0, 0.05) is 17.0 Å². The van der Waals surface area contributed by atoms with Gasteiger partial charge in [-0.1, -0.05) is 47.6 Å². The number of amides is 1. The van der Waals surface area contributed by atoms with E-state index in [-0.39, 0.29) is 12.4 Å². The van der Waals surface area contributed by atoms with Crippen molar-refractivity contribution in [3.63, 3.8) is 0 Å². The number of rotatable bonds is 5. The first-order valence-corrected chi connectivity index (χ1v) is 9.53. The smallest absolute Gasteiger partial charge is 0.450 e. The molecule has 0 atom stereocenters. The van der Waals surface area contributed by atoms with Gasteiger partial charge in [0.15, 0.2) is 0 Å². The first kappa shape index (κ1) is 20.8. The number of thioether (sulfide) groups is 1. The number of anilines is 1. The van der Waals surface area contributed by atoms with Crippen LogP contribution in [0.2, 0.25) is 0 Å². The summed E-state index contributed by atoms with van der Waals surface area (Å²) in [6, 6.07) is 14.2. The zero-order valence-electron chi connectivity index (χ0n) is 15.3. The number of carbonyl (C=O) groups excluding carboxylic acids is 1. The van der Waals surface area contributed by atoms with Gasteiger partial charge < -0.3 is 14.9 Å². The number of halogens is 3. The van der Waals surface area contributed by atoms with Crippen molar-refractivity contribution in [2.75, 3.05) is 24.8 Å². The number of alkyl halides is 3. The molecule has 0 spiro atoms. The molecule has 0 radical (unpaired) electrons. The molecule has 0 unspecified atom stereocenters. The van der Waals surface area contributed by atoms with E-state index in [2.05, 4.69) is 15.3 Å². The lowest BCUT2D eigenvalue weighted by Gasteiger charge is -2.22. The van der Waals surface area contributed by atoms with Crippen LogP contribution in [0.25, 0.3) is 11.1 Å². The summed E-state index contributed by atoms with van der Waals surface area (Å²) >= 11 is 0.833. The molecule has 152 valence electrons. The molecule has 0 fully saturated rings. The van der Waals surface area contributed by atoms with Crippen molar-refractivity contribution in [3.05, 3.63) is 64.8 Å². The summed E-state index contributed by atoms with van der Waals surface area (Å²) in [7, 11) is 1.44. The normalized spacial score (nSPS) is 14.6. The van der Waals surface area contributed by atoms with Crippen LogP contribution < -0.4 is 5.32 Å². The third kappa shape index (κ3) is 5.11. The summed E-state index contributed by atoms with van der Waals surface area (Å²) in [4.78, 5) is 16.8. The molecule has 0 bridgehead atoms. The van der Waals surface area contributed by atoms with E-state index in [1.807, 2.05) is 24.3 Å². The molecule has 3 rings (SSSR count). The number of ether oxygens (including phenoxy) is 1. The van der Waals surface area contributed by atoms with Crippen molar-refractivity contribution in [1.82, 2.24) is 0 Å². The van der Waals surface area contributed by atoms with Gasteiger partial charge in [0.05, 0.1) is 12.8 Å². The van der Waals surface area contributed by atoms with E-state index in [1.165, 1.54) is 7.11 Å². The zero-order valence-corrected chi connectivity index (χ0v) is 16.1. The second-order valence-corrected chi connectivity index (χ2v) is 7.00. The fraction of sp³-hybridized carbons (Fsp3) is 0.200. The van der Waals surface area contributed by atoms with E-state index in [0.717, 1.165) is 22.9 Å². The van der Waals surface area contributed by atoms with Crippen molar-refractivity contribution in [2.45, 2.75) is 6.18 Å². The van der Waals surface area contributed by atoms with Gasteiger partial charge in [0.25, 0.3) is 5.91 Å². The minimum atomic E-state index is -4.72.